The van der Waals surface area contributed by atoms with Crippen LogP contribution < -0.4 is 0 Å². The highest BCUT2D eigenvalue weighted by molar-refractivity contribution is 5.71. The van der Waals surface area contributed by atoms with Crippen LogP contribution in [-0.4, -0.2) is 109 Å². The number of carbonyl (C=O) groups excluding carboxylic acids is 7. The van der Waals surface area contributed by atoms with Gasteiger partial charge in [-0.2, -0.15) is 0 Å². The van der Waals surface area contributed by atoms with E-state index in [1.165, 1.54) is 117 Å². The van der Waals surface area contributed by atoms with Gasteiger partial charge in [0, 0.05) is 45.1 Å². The largest absolute Gasteiger partial charge is 0.508 e. The van der Waals surface area contributed by atoms with E-state index in [0.29, 0.717) is 117 Å². The summed E-state index contributed by atoms with van der Waals surface area (Å²) in [6, 6.07) is 0. The smallest absolute Gasteiger partial charge is 0.469 e. The molecule has 0 bridgehead atoms. The molecule has 2 atom stereocenters. The fourth-order valence-electron chi connectivity index (χ4n) is 17.3. The quantitative estimate of drug-likeness (QED) is 0.0316. The molecule has 0 heterocycles. The average Bonchev–Trinajstić information content (AvgIpc) is 1.02. The Balaban J connectivity index is 0.802. The number of hydrogen-bond donors (Lipinski definition) is 0. The Morgan fingerprint density at radius 3 is 0.894 bits per heavy atom. The zero-order chi connectivity index (χ0) is 67.2. The van der Waals surface area contributed by atoms with E-state index < -0.39 is 11.6 Å². The van der Waals surface area contributed by atoms with Gasteiger partial charge in [-0.1, -0.05) is 156 Å². The first-order chi connectivity index (χ1) is 45.6. The molecular formula is C78H132O16. The van der Waals surface area contributed by atoms with E-state index in [1.807, 2.05) is 0 Å². The Morgan fingerprint density at radius 2 is 0.585 bits per heavy atom. The van der Waals surface area contributed by atoms with Gasteiger partial charge in [0.1, 0.15) is 39.6 Å². The number of hydrogen-bond acceptors (Lipinski definition) is 16. The average molecular weight is 1330 g/mol. The van der Waals surface area contributed by atoms with E-state index in [1.54, 1.807) is 0 Å². The molecule has 6 fully saturated rings. The first-order valence-corrected chi connectivity index (χ1v) is 38.8. The highest BCUT2D eigenvalue weighted by Gasteiger charge is 2.37. The van der Waals surface area contributed by atoms with Crippen LogP contribution >= 0.6 is 0 Å². The first-order valence-electron chi connectivity index (χ1n) is 38.8. The lowest BCUT2D eigenvalue weighted by Gasteiger charge is -2.34. The van der Waals surface area contributed by atoms with Crippen molar-refractivity contribution in [3.8, 4) is 0 Å². The van der Waals surface area contributed by atoms with Crippen LogP contribution in [0, 0.1) is 82.3 Å². The normalized spacial score (nSPS) is 27.5. The monoisotopic (exact) mass is 1320 g/mol. The summed E-state index contributed by atoms with van der Waals surface area (Å²) < 4.78 is 49.6. The standard InChI is InChI=1S/C78H132O16/c1-6-9-11-13-15-58(14-12-10-7-2)40-41-88-55-78(8-3,56-93-75(83)53-69-36-24-63(25-37-69)47-60-18-30-66(31-19-60)50-72(80)87-5)57-94-76(84)54-70-38-26-64(27-39-70)48-62-22-34-68(35-23-62)52-74(82)90-43-45-92-77(85)91-44-42-89-73(81)51-67-32-20-61(21-33-67)46-59-16-28-65(29-17-59)49-71(79)86-4/h58-70H,6-57H2,1-5H3. The van der Waals surface area contributed by atoms with E-state index in [2.05, 4.69) is 20.8 Å². The van der Waals surface area contributed by atoms with Gasteiger partial charge in [-0.05, 0) is 186 Å². The lowest BCUT2D eigenvalue weighted by atomic mass is 9.72. The van der Waals surface area contributed by atoms with E-state index in [0.717, 1.165) is 147 Å². The van der Waals surface area contributed by atoms with Crippen LogP contribution in [0.15, 0.2) is 0 Å². The zero-order valence-electron chi connectivity index (χ0n) is 59.8. The molecule has 0 amide bonds. The number of carbonyl (C=O) groups is 7. The Kier molecular flexibility index (Phi) is 38.3. The van der Waals surface area contributed by atoms with Crippen LogP contribution in [-0.2, 0) is 71.4 Å². The fourth-order valence-corrected chi connectivity index (χ4v) is 17.3. The molecule has 6 saturated carbocycles. The summed E-state index contributed by atoms with van der Waals surface area (Å²) >= 11 is 0. The lowest BCUT2D eigenvalue weighted by Crippen LogP contribution is -2.39. The van der Waals surface area contributed by atoms with E-state index in [4.69, 9.17) is 42.6 Å². The van der Waals surface area contributed by atoms with Crippen molar-refractivity contribution >= 4 is 42.0 Å². The third kappa shape index (κ3) is 32.2. The van der Waals surface area contributed by atoms with Crippen molar-refractivity contribution in [3.63, 3.8) is 0 Å². The molecule has 16 heteroatoms. The van der Waals surface area contributed by atoms with Gasteiger partial charge in [-0.3, -0.25) is 28.8 Å². The van der Waals surface area contributed by atoms with Crippen LogP contribution in [0.2, 0.25) is 0 Å². The summed E-state index contributed by atoms with van der Waals surface area (Å²) in [5, 5.41) is 0. The third-order valence-corrected chi connectivity index (χ3v) is 23.7. The SMILES string of the molecule is CCCCCCC(CCCCC)CCOCC(CC)(COC(=O)CC1CCC(CC2CCC(CC(=O)OC)CC2)CC1)COC(=O)CC1CCC(CC2CCC(CC(=O)OCCOC(=O)OCCOC(=O)CC3CCC(CC4CCC(CC(=O)OC)CC4)CC3)CC2)CC1. The van der Waals surface area contributed by atoms with Crippen molar-refractivity contribution in [2.24, 2.45) is 82.3 Å². The number of rotatable bonds is 43. The van der Waals surface area contributed by atoms with Crippen molar-refractivity contribution in [2.45, 2.75) is 303 Å². The van der Waals surface area contributed by atoms with E-state index in [-0.39, 0.29) is 81.4 Å². The van der Waals surface area contributed by atoms with Crippen molar-refractivity contribution in [1.82, 2.24) is 0 Å². The second kappa shape index (κ2) is 45.6. The molecule has 0 radical (unpaired) electrons. The van der Waals surface area contributed by atoms with Gasteiger partial charge in [0.05, 0.1) is 26.2 Å². The predicted octanol–water partition coefficient (Wildman–Crippen LogP) is 18.0. The molecule has 0 aromatic carbocycles. The van der Waals surface area contributed by atoms with Crippen LogP contribution in [0.25, 0.3) is 0 Å². The topological polar surface area (TPSA) is 203 Å². The van der Waals surface area contributed by atoms with Crippen LogP contribution in [0.5, 0.6) is 0 Å². The van der Waals surface area contributed by atoms with Crippen molar-refractivity contribution in [2.75, 3.05) is 67.1 Å². The van der Waals surface area contributed by atoms with Gasteiger partial charge in [0.2, 0.25) is 0 Å². The Labute approximate surface area is 568 Å². The van der Waals surface area contributed by atoms with Crippen LogP contribution in [0.4, 0.5) is 4.79 Å². The van der Waals surface area contributed by atoms with Gasteiger partial charge in [-0.25, -0.2) is 4.79 Å². The molecule has 0 aromatic rings. The molecule has 540 valence electrons. The molecule has 6 aliphatic carbocycles. The summed E-state index contributed by atoms with van der Waals surface area (Å²) in [5.74, 6) is 5.91. The number of unbranched alkanes of at least 4 members (excludes halogenated alkanes) is 5. The number of esters is 6. The summed E-state index contributed by atoms with van der Waals surface area (Å²) in [4.78, 5) is 88.2. The van der Waals surface area contributed by atoms with Gasteiger partial charge in [0.25, 0.3) is 0 Å². The Bertz CT molecular complexity index is 2120. The third-order valence-electron chi connectivity index (χ3n) is 23.7. The fraction of sp³-hybridized carbons (Fsp3) is 0.910. The molecule has 94 heavy (non-hydrogen) atoms. The zero-order valence-corrected chi connectivity index (χ0v) is 59.8. The van der Waals surface area contributed by atoms with Gasteiger partial charge < -0.3 is 42.6 Å². The van der Waals surface area contributed by atoms with Gasteiger partial charge in [-0.15, -0.1) is 0 Å². The highest BCUT2D eigenvalue weighted by Crippen LogP contribution is 2.44. The maximum atomic E-state index is 13.7. The van der Waals surface area contributed by atoms with Crippen LogP contribution in [0.3, 0.4) is 0 Å². The van der Waals surface area contributed by atoms with Gasteiger partial charge in [0.15, 0.2) is 0 Å². The minimum absolute atomic E-state index is 0.0342. The molecule has 0 aliphatic heterocycles. The minimum Gasteiger partial charge on any atom is -0.469 e. The molecule has 2 unspecified atom stereocenters. The second-order valence-corrected chi connectivity index (χ2v) is 31.0. The number of ether oxygens (including phenoxy) is 9. The minimum atomic E-state index is -0.890. The summed E-state index contributed by atoms with van der Waals surface area (Å²) in [6.07, 6.45) is 44.9. The Morgan fingerprint density at radius 1 is 0.309 bits per heavy atom. The molecule has 0 aromatic heterocycles. The maximum absolute atomic E-state index is 13.7. The molecule has 6 rings (SSSR count). The second-order valence-electron chi connectivity index (χ2n) is 31.0. The molecular weight excluding hydrogens is 1190 g/mol. The van der Waals surface area contributed by atoms with Crippen molar-refractivity contribution < 1.29 is 76.2 Å². The Hall–Kier alpha value is -3.95. The molecule has 0 N–H and O–H groups in total. The molecule has 16 nitrogen and oxygen atoms in total. The molecule has 6 aliphatic rings. The maximum Gasteiger partial charge on any atom is 0.508 e. The molecule has 0 spiro atoms. The summed E-state index contributed by atoms with van der Waals surface area (Å²) in [7, 11) is 2.94. The highest BCUT2D eigenvalue weighted by atomic mass is 16.7. The lowest BCUT2D eigenvalue weighted by molar-refractivity contribution is -0.160. The van der Waals surface area contributed by atoms with E-state index >= 15 is 0 Å². The number of methoxy groups -OCH3 is 2. The van der Waals surface area contributed by atoms with Crippen molar-refractivity contribution in [1.29, 1.82) is 0 Å². The van der Waals surface area contributed by atoms with Crippen LogP contribution in [0.1, 0.15) is 303 Å². The summed E-state index contributed by atoms with van der Waals surface area (Å²) in [5.41, 5.74) is -0.609. The van der Waals surface area contributed by atoms with Crippen molar-refractivity contribution in [3.05, 3.63) is 0 Å². The van der Waals surface area contributed by atoms with E-state index in [9.17, 15) is 33.6 Å². The molecule has 0 saturated heterocycles. The first kappa shape index (κ1) is 79.0. The van der Waals surface area contributed by atoms with Gasteiger partial charge >= 0.3 is 42.0 Å². The summed E-state index contributed by atoms with van der Waals surface area (Å²) in [6.45, 7) is 7.76. The predicted molar refractivity (Wildman–Crippen MR) is 364 cm³/mol.